The van der Waals surface area contributed by atoms with Crippen LogP contribution in [0.1, 0.15) is 45.4 Å². The zero-order chi connectivity index (χ0) is 12.0. The van der Waals surface area contributed by atoms with Gasteiger partial charge in [0.2, 0.25) is 5.91 Å². The fourth-order valence-electron chi connectivity index (χ4n) is 2.38. The Balaban J connectivity index is 2.39. The van der Waals surface area contributed by atoms with Crippen molar-refractivity contribution in [2.24, 2.45) is 0 Å². The van der Waals surface area contributed by atoms with Crippen molar-refractivity contribution in [2.75, 3.05) is 13.6 Å². The number of aliphatic hydroxyl groups is 1. The van der Waals surface area contributed by atoms with Crippen LogP contribution in [0.4, 0.5) is 0 Å². The maximum Gasteiger partial charge on any atom is 0.221 e. The van der Waals surface area contributed by atoms with Crippen LogP contribution in [-0.2, 0) is 4.79 Å². The molecule has 16 heavy (non-hydrogen) atoms. The minimum Gasteiger partial charge on any atom is -0.392 e. The third kappa shape index (κ3) is 4.10. The van der Waals surface area contributed by atoms with Crippen molar-refractivity contribution in [1.82, 2.24) is 10.6 Å². The number of amides is 1. The Kier molecular flexibility index (Phi) is 5.22. The molecule has 0 saturated heterocycles. The average molecular weight is 228 g/mol. The van der Waals surface area contributed by atoms with Gasteiger partial charge in [0.15, 0.2) is 0 Å². The Morgan fingerprint density at radius 1 is 1.38 bits per heavy atom. The monoisotopic (exact) mass is 228 g/mol. The van der Waals surface area contributed by atoms with Gasteiger partial charge in [-0.3, -0.25) is 4.79 Å². The van der Waals surface area contributed by atoms with Crippen LogP contribution in [0.15, 0.2) is 0 Å². The van der Waals surface area contributed by atoms with Gasteiger partial charge in [0.25, 0.3) is 0 Å². The zero-order valence-corrected chi connectivity index (χ0v) is 10.4. The highest BCUT2D eigenvalue weighted by Gasteiger charge is 2.32. The number of aliphatic hydroxyl groups excluding tert-OH is 1. The van der Waals surface area contributed by atoms with E-state index in [1.54, 1.807) is 6.92 Å². The van der Waals surface area contributed by atoms with Crippen LogP contribution in [0, 0.1) is 0 Å². The van der Waals surface area contributed by atoms with Crippen molar-refractivity contribution in [3.05, 3.63) is 0 Å². The summed E-state index contributed by atoms with van der Waals surface area (Å²) in [6, 6.07) is 0. The van der Waals surface area contributed by atoms with E-state index in [2.05, 4.69) is 10.6 Å². The number of hydrogen-bond donors (Lipinski definition) is 3. The predicted molar refractivity (Wildman–Crippen MR) is 64.2 cm³/mol. The minimum absolute atomic E-state index is 0.0129. The van der Waals surface area contributed by atoms with Gasteiger partial charge < -0.3 is 15.7 Å². The fraction of sp³-hybridized carbons (Fsp3) is 0.917. The van der Waals surface area contributed by atoms with Gasteiger partial charge in [-0.25, -0.2) is 0 Å². The number of rotatable bonds is 5. The van der Waals surface area contributed by atoms with Gasteiger partial charge in [0.05, 0.1) is 6.10 Å². The smallest absolute Gasteiger partial charge is 0.221 e. The molecule has 1 aliphatic rings. The first-order valence-corrected chi connectivity index (χ1v) is 6.22. The van der Waals surface area contributed by atoms with Gasteiger partial charge in [-0.15, -0.1) is 0 Å². The van der Waals surface area contributed by atoms with Crippen molar-refractivity contribution >= 4 is 5.91 Å². The van der Waals surface area contributed by atoms with Crippen molar-refractivity contribution in [2.45, 2.75) is 57.1 Å². The molecule has 0 unspecified atom stereocenters. The maximum absolute atomic E-state index is 11.7. The molecule has 0 spiro atoms. The van der Waals surface area contributed by atoms with Crippen molar-refractivity contribution in [1.29, 1.82) is 0 Å². The number of hydrogen-bond acceptors (Lipinski definition) is 3. The number of carbonyl (C=O) groups excluding carboxylic acids is 1. The molecule has 0 aromatic heterocycles. The predicted octanol–water partition coefficient (Wildman–Crippen LogP) is 0.796. The third-order valence-electron chi connectivity index (χ3n) is 3.43. The second-order valence-electron chi connectivity index (χ2n) is 4.92. The minimum atomic E-state index is -0.471. The van der Waals surface area contributed by atoms with Gasteiger partial charge in [0, 0.05) is 18.5 Å². The summed E-state index contributed by atoms with van der Waals surface area (Å²) in [5.74, 6) is 0.0390. The summed E-state index contributed by atoms with van der Waals surface area (Å²) in [5, 5.41) is 15.2. The molecule has 1 aliphatic carbocycles. The second kappa shape index (κ2) is 6.21. The fourth-order valence-corrected chi connectivity index (χ4v) is 2.38. The zero-order valence-electron chi connectivity index (χ0n) is 10.4. The highest BCUT2D eigenvalue weighted by molar-refractivity contribution is 5.77. The van der Waals surface area contributed by atoms with Crippen LogP contribution in [0.3, 0.4) is 0 Å². The van der Waals surface area contributed by atoms with Gasteiger partial charge in [-0.2, -0.15) is 0 Å². The van der Waals surface area contributed by atoms with Crippen LogP contribution < -0.4 is 10.6 Å². The van der Waals surface area contributed by atoms with Gasteiger partial charge in [0.1, 0.15) is 0 Å². The van der Waals surface area contributed by atoms with Crippen LogP contribution in [0.25, 0.3) is 0 Å². The molecule has 0 aromatic carbocycles. The standard InChI is InChI=1S/C12H24N2O2/c1-10(15)9-14-11(16)8-12(13-2)6-4-3-5-7-12/h10,13,15H,3-9H2,1-2H3,(H,14,16)/t10-/m0/s1. The molecule has 0 heterocycles. The molecule has 1 atom stereocenters. The Morgan fingerprint density at radius 3 is 2.50 bits per heavy atom. The van der Waals surface area contributed by atoms with Crippen LogP contribution >= 0.6 is 0 Å². The highest BCUT2D eigenvalue weighted by Crippen LogP contribution is 2.30. The molecule has 0 radical (unpaired) electrons. The van der Waals surface area contributed by atoms with E-state index in [9.17, 15) is 4.79 Å². The first-order valence-electron chi connectivity index (χ1n) is 6.22. The average Bonchev–Trinajstić information content (AvgIpc) is 2.28. The quantitative estimate of drug-likeness (QED) is 0.652. The van der Waals surface area contributed by atoms with E-state index < -0.39 is 6.10 Å². The Bertz CT molecular complexity index is 223. The van der Waals surface area contributed by atoms with E-state index in [1.165, 1.54) is 19.3 Å². The SMILES string of the molecule is CNC1(CC(=O)NC[C@H](C)O)CCCCC1. The Labute approximate surface area is 97.8 Å². The number of nitrogens with one attached hydrogen (secondary N) is 2. The number of carbonyl (C=O) groups is 1. The molecule has 1 amide bonds. The van der Waals surface area contributed by atoms with Crippen molar-refractivity contribution in [3.8, 4) is 0 Å². The first kappa shape index (κ1) is 13.5. The molecule has 1 saturated carbocycles. The topological polar surface area (TPSA) is 61.4 Å². The lowest BCUT2D eigenvalue weighted by Gasteiger charge is -2.36. The van der Waals surface area contributed by atoms with Crippen molar-refractivity contribution in [3.63, 3.8) is 0 Å². The highest BCUT2D eigenvalue weighted by atomic mass is 16.3. The van der Waals surface area contributed by atoms with Crippen LogP contribution in [-0.4, -0.2) is 36.2 Å². The summed E-state index contributed by atoms with van der Waals surface area (Å²) in [7, 11) is 1.94. The lowest BCUT2D eigenvalue weighted by Crippen LogP contribution is -2.48. The molecule has 0 aromatic rings. The normalized spacial score (nSPS) is 21.4. The molecule has 94 valence electrons. The molecule has 0 bridgehead atoms. The lowest BCUT2D eigenvalue weighted by atomic mass is 9.79. The van der Waals surface area contributed by atoms with Crippen LogP contribution in [0.2, 0.25) is 0 Å². The largest absolute Gasteiger partial charge is 0.392 e. The summed E-state index contributed by atoms with van der Waals surface area (Å²) < 4.78 is 0. The summed E-state index contributed by atoms with van der Waals surface area (Å²) in [5.41, 5.74) is -0.0129. The van der Waals surface area contributed by atoms with E-state index in [1.807, 2.05) is 7.05 Å². The molecule has 1 rings (SSSR count). The van der Waals surface area contributed by atoms with E-state index in [-0.39, 0.29) is 11.4 Å². The Hall–Kier alpha value is -0.610. The van der Waals surface area contributed by atoms with E-state index >= 15 is 0 Å². The van der Waals surface area contributed by atoms with E-state index in [4.69, 9.17) is 5.11 Å². The van der Waals surface area contributed by atoms with Gasteiger partial charge in [-0.1, -0.05) is 19.3 Å². The maximum atomic E-state index is 11.7. The molecule has 0 aliphatic heterocycles. The van der Waals surface area contributed by atoms with Crippen molar-refractivity contribution < 1.29 is 9.90 Å². The summed E-state index contributed by atoms with van der Waals surface area (Å²) >= 11 is 0. The summed E-state index contributed by atoms with van der Waals surface area (Å²) in [6.07, 6.45) is 5.88. The Morgan fingerprint density at radius 2 is 2.00 bits per heavy atom. The lowest BCUT2D eigenvalue weighted by molar-refractivity contribution is -0.123. The van der Waals surface area contributed by atoms with E-state index in [0.29, 0.717) is 13.0 Å². The summed E-state index contributed by atoms with van der Waals surface area (Å²) in [4.78, 5) is 11.7. The molecule has 1 fully saturated rings. The second-order valence-corrected chi connectivity index (χ2v) is 4.92. The first-order chi connectivity index (χ1) is 7.58. The van der Waals surface area contributed by atoms with Gasteiger partial charge in [-0.05, 0) is 26.8 Å². The molecule has 3 N–H and O–H groups in total. The molecular formula is C12H24N2O2. The molecule has 4 heteroatoms. The van der Waals surface area contributed by atoms with E-state index in [0.717, 1.165) is 12.8 Å². The molecular weight excluding hydrogens is 204 g/mol. The third-order valence-corrected chi connectivity index (χ3v) is 3.43. The summed E-state index contributed by atoms with van der Waals surface area (Å²) in [6.45, 7) is 2.02. The van der Waals surface area contributed by atoms with Crippen LogP contribution in [0.5, 0.6) is 0 Å². The molecule has 4 nitrogen and oxygen atoms in total. The van der Waals surface area contributed by atoms with Gasteiger partial charge >= 0.3 is 0 Å².